The number of thiophene rings is 1. The monoisotopic (exact) mass is 241 g/mol. The first kappa shape index (κ1) is 12.7. The van der Waals surface area contributed by atoms with E-state index in [1.165, 1.54) is 11.3 Å². The van der Waals surface area contributed by atoms with Crippen LogP contribution in [0.15, 0.2) is 17.5 Å². The van der Waals surface area contributed by atoms with Crippen molar-refractivity contribution in [1.29, 1.82) is 0 Å². The lowest BCUT2D eigenvalue weighted by molar-refractivity contribution is 0.0968. The minimum absolute atomic E-state index is 0.364. The van der Waals surface area contributed by atoms with Crippen LogP contribution in [0.3, 0.4) is 0 Å². The highest BCUT2D eigenvalue weighted by molar-refractivity contribution is 7.12. The van der Waals surface area contributed by atoms with Gasteiger partial charge in [0.15, 0.2) is 0 Å². The number of likely N-dealkylation sites (N-methyl/N-ethyl adjacent to an activating group) is 1. The zero-order chi connectivity index (χ0) is 12.0. The zero-order valence-corrected chi connectivity index (χ0v) is 10.1. The van der Waals surface area contributed by atoms with Crippen molar-refractivity contribution in [1.82, 2.24) is 15.5 Å². The molecule has 1 heterocycles. The summed E-state index contributed by atoms with van der Waals surface area (Å²) in [6, 6.07) is 2.98. The first-order valence-corrected chi connectivity index (χ1v) is 5.75. The standard InChI is InChI=1S/C10H15N3O2S/c1-13(2)6-5-11-10(15)12-9(14)8-4-3-7-16-8/h3-4,7H,5-6H2,1-2H3,(H2,11,12,14,15). The number of carbonyl (C=O) groups is 2. The molecule has 5 nitrogen and oxygen atoms in total. The van der Waals surface area contributed by atoms with Crippen LogP contribution in [-0.2, 0) is 0 Å². The van der Waals surface area contributed by atoms with E-state index in [0.717, 1.165) is 6.54 Å². The van der Waals surface area contributed by atoms with Crippen molar-refractivity contribution in [3.63, 3.8) is 0 Å². The van der Waals surface area contributed by atoms with Gasteiger partial charge in [0.05, 0.1) is 4.88 Å². The van der Waals surface area contributed by atoms with Crippen molar-refractivity contribution in [3.05, 3.63) is 22.4 Å². The van der Waals surface area contributed by atoms with Gasteiger partial charge in [0.2, 0.25) is 0 Å². The molecule has 0 unspecified atom stereocenters. The van der Waals surface area contributed by atoms with E-state index in [9.17, 15) is 9.59 Å². The van der Waals surface area contributed by atoms with E-state index in [1.807, 2.05) is 19.0 Å². The summed E-state index contributed by atoms with van der Waals surface area (Å²) in [5, 5.41) is 6.65. The molecule has 0 spiro atoms. The van der Waals surface area contributed by atoms with E-state index in [2.05, 4.69) is 10.6 Å². The van der Waals surface area contributed by atoms with Gasteiger partial charge in [-0.25, -0.2) is 4.79 Å². The molecule has 0 atom stereocenters. The molecular weight excluding hydrogens is 226 g/mol. The summed E-state index contributed by atoms with van der Waals surface area (Å²) in [5.41, 5.74) is 0. The fraction of sp³-hybridized carbons (Fsp3) is 0.400. The van der Waals surface area contributed by atoms with Crippen LogP contribution in [0.2, 0.25) is 0 Å². The summed E-state index contributed by atoms with van der Waals surface area (Å²) in [4.78, 5) is 25.2. The van der Waals surface area contributed by atoms with Gasteiger partial charge in [-0.15, -0.1) is 11.3 Å². The number of amides is 3. The average Bonchev–Trinajstić information content (AvgIpc) is 2.69. The number of carbonyl (C=O) groups excluding carboxylic acids is 2. The number of nitrogens with zero attached hydrogens (tertiary/aromatic N) is 1. The largest absolute Gasteiger partial charge is 0.337 e. The van der Waals surface area contributed by atoms with Gasteiger partial charge in [-0.1, -0.05) is 6.07 Å². The first-order valence-electron chi connectivity index (χ1n) is 4.87. The summed E-state index contributed by atoms with van der Waals surface area (Å²) in [5.74, 6) is -0.364. The van der Waals surface area contributed by atoms with Crippen molar-refractivity contribution in [2.45, 2.75) is 0 Å². The highest BCUT2D eigenvalue weighted by Crippen LogP contribution is 2.07. The number of imide groups is 1. The zero-order valence-electron chi connectivity index (χ0n) is 9.32. The molecule has 0 fully saturated rings. The molecule has 88 valence electrons. The van der Waals surface area contributed by atoms with E-state index in [0.29, 0.717) is 11.4 Å². The molecular formula is C10H15N3O2S. The highest BCUT2D eigenvalue weighted by Gasteiger charge is 2.09. The second-order valence-corrected chi connectivity index (χ2v) is 4.44. The van der Waals surface area contributed by atoms with Crippen LogP contribution in [0.4, 0.5) is 4.79 Å². The van der Waals surface area contributed by atoms with Gasteiger partial charge in [-0.2, -0.15) is 0 Å². The van der Waals surface area contributed by atoms with Crippen molar-refractivity contribution in [3.8, 4) is 0 Å². The maximum atomic E-state index is 11.4. The van der Waals surface area contributed by atoms with Crippen molar-refractivity contribution in [2.75, 3.05) is 27.2 Å². The SMILES string of the molecule is CN(C)CCNC(=O)NC(=O)c1cccs1. The molecule has 0 saturated heterocycles. The normalized spacial score (nSPS) is 10.2. The predicted octanol–water partition coefficient (Wildman–Crippen LogP) is 0.749. The summed E-state index contributed by atoms with van der Waals surface area (Å²) in [6.07, 6.45) is 0. The summed E-state index contributed by atoms with van der Waals surface area (Å²) in [6.45, 7) is 1.25. The van der Waals surface area contributed by atoms with E-state index in [-0.39, 0.29) is 5.91 Å². The molecule has 1 aromatic heterocycles. The van der Waals surface area contributed by atoms with Crippen LogP contribution >= 0.6 is 11.3 Å². The lowest BCUT2D eigenvalue weighted by Gasteiger charge is -2.10. The van der Waals surface area contributed by atoms with Gasteiger partial charge in [0.25, 0.3) is 5.91 Å². The quantitative estimate of drug-likeness (QED) is 0.817. The molecule has 0 aliphatic carbocycles. The van der Waals surface area contributed by atoms with Crippen LogP contribution in [0.1, 0.15) is 9.67 Å². The third kappa shape index (κ3) is 4.41. The Hall–Kier alpha value is -1.40. The molecule has 0 aliphatic rings. The summed E-state index contributed by atoms with van der Waals surface area (Å²) < 4.78 is 0. The van der Waals surface area contributed by atoms with Crippen molar-refractivity contribution in [2.24, 2.45) is 0 Å². The maximum absolute atomic E-state index is 11.4. The van der Waals surface area contributed by atoms with Gasteiger partial charge in [0, 0.05) is 13.1 Å². The van der Waals surface area contributed by atoms with Crippen LogP contribution in [0.5, 0.6) is 0 Å². The Balaban J connectivity index is 2.27. The highest BCUT2D eigenvalue weighted by atomic mass is 32.1. The molecule has 1 aromatic rings. The van der Waals surface area contributed by atoms with E-state index < -0.39 is 6.03 Å². The molecule has 0 bridgehead atoms. The number of hydrogen-bond acceptors (Lipinski definition) is 4. The molecule has 16 heavy (non-hydrogen) atoms. The summed E-state index contributed by atoms with van der Waals surface area (Å²) >= 11 is 1.30. The van der Waals surface area contributed by atoms with Gasteiger partial charge in [-0.05, 0) is 25.5 Å². The molecule has 2 N–H and O–H groups in total. The number of urea groups is 1. The van der Waals surface area contributed by atoms with Crippen LogP contribution in [0.25, 0.3) is 0 Å². The Kier molecular flexibility index (Phi) is 4.94. The van der Waals surface area contributed by atoms with Gasteiger partial charge in [0.1, 0.15) is 0 Å². The Morgan fingerprint density at radius 1 is 1.44 bits per heavy atom. The van der Waals surface area contributed by atoms with Crippen molar-refractivity contribution >= 4 is 23.3 Å². The van der Waals surface area contributed by atoms with Crippen LogP contribution in [0, 0.1) is 0 Å². The minimum Gasteiger partial charge on any atom is -0.337 e. The molecule has 0 saturated carbocycles. The fourth-order valence-corrected chi connectivity index (χ4v) is 1.63. The van der Waals surface area contributed by atoms with Gasteiger partial charge >= 0.3 is 6.03 Å². The van der Waals surface area contributed by atoms with Gasteiger partial charge < -0.3 is 10.2 Å². The molecule has 1 rings (SSSR count). The Morgan fingerprint density at radius 3 is 2.75 bits per heavy atom. The number of rotatable bonds is 4. The Bertz CT molecular complexity index is 349. The van der Waals surface area contributed by atoms with E-state index in [1.54, 1.807) is 17.5 Å². The van der Waals surface area contributed by atoms with Crippen molar-refractivity contribution < 1.29 is 9.59 Å². The van der Waals surface area contributed by atoms with Crippen LogP contribution < -0.4 is 10.6 Å². The number of nitrogens with one attached hydrogen (secondary N) is 2. The smallest absolute Gasteiger partial charge is 0.321 e. The topological polar surface area (TPSA) is 61.4 Å². The third-order valence-corrected chi connectivity index (χ3v) is 2.69. The molecule has 0 aliphatic heterocycles. The van der Waals surface area contributed by atoms with E-state index >= 15 is 0 Å². The maximum Gasteiger partial charge on any atom is 0.321 e. The lowest BCUT2D eigenvalue weighted by Crippen LogP contribution is -2.41. The van der Waals surface area contributed by atoms with Gasteiger partial charge in [-0.3, -0.25) is 10.1 Å². The minimum atomic E-state index is -0.458. The summed E-state index contributed by atoms with van der Waals surface area (Å²) in [7, 11) is 3.83. The third-order valence-electron chi connectivity index (χ3n) is 1.82. The average molecular weight is 241 g/mol. The molecule has 0 aromatic carbocycles. The molecule has 3 amide bonds. The molecule has 6 heteroatoms. The molecule has 0 radical (unpaired) electrons. The lowest BCUT2D eigenvalue weighted by atomic mass is 10.4. The fourth-order valence-electron chi connectivity index (χ4n) is 1.01. The Labute approximate surface area is 98.4 Å². The van der Waals surface area contributed by atoms with Crippen LogP contribution in [-0.4, -0.2) is 44.0 Å². The predicted molar refractivity (Wildman–Crippen MR) is 63.7 cm³/mol. The second kappa shape index (κ2) is 6.24. The Morgan fingerprint density at radius 2 is 2.19 bits per heavy atom. The first-order chi connectivity index (χ1) is 7.59. The second-order valence-electron chi connectivity index (χ2n) is 3.49. The van der Waals surface area contributed by atoms with E-state index in [4.69, 9.17) is 0 Å². The number of hydrogen-bond donors (Lipinski definition) is 2.